The summed E-state index contributed by atoms with van der Waals surface area (Å²) in [6.07, 6.45) is 3.00. The summed E-state index contributed by atoms with van der Waals surface area (Å²) in [7, 11) is -3.59. The predicted molar refractivity (Wildman–Crippen MR) is 96.5 cm³/mol. The van der Waals surface area contributed by atoms with Gasteiger partial charge in [0.05, 0.1) is 10.6 Å². The zero-order chi connectivity index (χ0) is 17.0. The van der Waals surface area contributed by atoms with E-state index in [9.17, 15) is 8.42 Å². The number of hydrogen-bond acceptors (Lipinski definition) is 2. The third-order valence-corrected chi connectivity index (χ3v) is 5.60. The van der Waals surface area contributed by atoms with Gasteiger partial charge in [-0.25, -0.2) is 8.42 Å². The van der Waals surface area contributed by atoms with Gasteiger partial charge < -0.3 is 0 Å². The lowest BCUT2D eigenvalue weighted by molar-refractivity contribution is 0.600. The summed E-state index contributed by atoms with van der Waals surface area (Å²) in [5.74, 6) is 0. The molecule has 0 amide bonds. The Morgan fingerprint density at radius 2 is 1.61 bits per heavy atom. The first-order valence-corrected chi connectivity index (χ1v) is 9.52. The zero-order valence-corrected chi connectivity index (χ0v) is 15.1. The maximum Gasteiger partial charge on any atom is 0.262 e. The molecule has 0 saturated carbocycles. The summed E-state index contributed by atoms with van der Waals surface area (Å²) in [5.41, 5.74) is 4.35. The topological polar surface area (TPSA) is 46.2 Å². The summed E-state index contributed by atoms with van der Waals surface area (Å²) in [4.78, 5) is 0.383. The fourth-order valence-corrected chi connectivity index (χ4v) is 4.55. The molecule has 0 spiro atoms. The number of hydrogen-bond donors (Lipinski definition) is 1. The standard InChI is InChI=1S/C19H25NO2S/c1-5-6-9-17-10-7-8-11-18(17)20-23(21,22)19-15(3)12-14(2)13-16(19)4/h7-8,10-13,20H,5-6,9H2,1-4H3. The van der Waals surface area contributed by atoms with Crippen LogP contribution in [0.4, 0.5) is 5.69 Å². The van der Waals surface area contributed by atoms with Crippen LogP contribution in [-0.4, -0.2) is 8.42 Å². The van der Waals surface area contributed by atoms with E-state index in [4.69, 9.17) is 0 Å². The van der Waals surface area contributed by atoms with Crippen LogP contribution >= 0.6 is 0 Å². The Labute approximate surface area is 139 Å². The summed E-state index contributed by atoms with van der Waals surface area (Å²) in [5, 5.41) is 0. The minimum absolute atomic E-state index is 0.383. The molecule has 2 aromatic rings. The largest absolute Gasteiger partial charge is 0.279 e. The highest BCUT2D eigenvalue weighted by atomic mass is 32.2. The van der Waals surface area contributed by atoms with Crippen LogP contribution in [0.2, 0.25) is 0 Å². The van der Waals surface area contributed by atoms with E-state index in [2.05, 4.69) is 11.6 Å². The summed E-state index contributed by atoms with van der Waals surface area (Å²) < 4.78 is 28.5. The molecule has 0 atom stereocenters. The van der Waals surface area contributed by atoms with Crippen molar-refractivity contribution in [2.45, 2.75) is 51.9 Å². The highest BCUT2D eigenvalue weighted by Crippen LogP contribution is 2.26. The fourth-order valence-electron chi connectivity index (χ4n) is 2.99. The molecule has 0 saturated heterocycles. The number of benzene rings is 2. The first kappa shape index (κ1) is 17.5. The Morgan fingerprint density at radius 3 is 2.22 bits per heavy atom. The van der Waals surface area contributed by atoms with Crippen LogP contribution in [0.3, 0.4) is 0 Å². The second-order valence-electron chi connectivity index (χ2n) is 6.09. The van der Waals surface area contributed by atoms with Crippen molar-refractivity contribution in [3.8, 4) is 0 Å². The van der Waals surface area contributed by atoms with E-state index >= 15 is 0 Å². The van der Waals surface area contributed by atoms with Crippen molar-refractivity contribution in [3.05, 3.63) is 58.7 Å². The third-order valence-electron chi connectivity index (χ3n) is 3.93. The lowest BCUT2D eigenvalue weighted by Crippen LogP contribution is -2.17. The normalized spacial score (nSPS) is 11.5. The number of para-hydroxylation sites is 1. The van der Waals surface area contributed by atoms with Gasteiger partial charge in [-0.3, -0.25) is 4.72 Å². The van der Waals surface area contributed by atoms with Crippen LogP contribution in [-0.2, 0) is 16.4 Å². The molecule has 0 bridgehead atoms. The molecule has 0 heterocycles. The van der Waals surface area contributed by atoms with Gasteiger partial charge in [-0.15, -0.1) is 0 Å². The Hall–Kier alpha value is -1.81. The molecule has 0 fully saturated rings. The van der Waals surface area contributed by atoms with Crippen LogP contribution in [0.1, 0.15) is 42.0 Å². The highest BCUT2D eigenvalue weighted by molar-refractivity contribution is 7.92. The van der Waals surface area contributed by atoms with Crippen LogP contribution < -0.4 is 4.72 Å². The number of rotatable bonds is 6. The van der Waals surface area contributed by atoms with Gasteiger partial charge >= 0.3 is 0 Å². The number of aryl methyl sites for hydroxylation is 4. The first-order valence-electron chi connectivity index (χ1n) is 8.03. The highest BCUT2D eigenvalue weighted by Gasteiger charge is 2.20. The van der Waals surface area contributed by atoms with Gasteiger partial charge in [-0.1, -0.05) is 49.2 Å². The molecule has 0 aliphatic heterocycles. The van der Waals surface area contributed by atoms with Crippen LogP contribution in [0.15, 0.2) is 41.3 Å². The van der Waals surface area contributed by atoms with E-state index in [1.807, 2.05) is 57.2 Å². The van der Waals surface area contributed by atoms with Gasteiger partial charge in [0.2, 0.25) is 0 Å². The van der Waals surface area contributed by atoms with E-state index in [1.54, 1.807) is 0 Å². The molecule has 3 nitrogen and oxygen atoms in total. The summed E-state index contributed by atoms with van der Waals surface area (Å²) in [6, 6.07) is 11.5. The van der Waals surface area contributed by atoms with Crippen molar-refractivity contribution in [2.24, 2.45) is 0 Å². The van der Waals surface area contributed by atoms with Gasteiger partial charge in [-0.05, 0) is 56.4 Å². The second kappa shape index (κ2) is 7.18. The Bertz CT molecular complexity index is 772. The smallest absolute Gasteiger partial charge is 0.262 e. The average molecular weight is 331 g/mol. The van der Waals surface area contributed by atoms with Crippen LogP contribution in [0, 0.1) is 20.8 Å². The molecule has 23 heavy (non-hydrogen) atoms. The van der Waals surface area contributed by atoms with E-state index in [0.29, 0.717) is 10.6 Å². The summed E-state index contributed by atoms with van der Waals surface area (Å²) in [6.45, 7) is 7.80. The second-order valence-corrected chi connectivity index (χ2v) is 7.71. The molecule has 2 aromatic carbocycles. The van der Waals surface area contributed by atoms with Gasteiger partial charge in [0.15, 0.2) is 0 Å². The Kier molecular flexibility index (Phi) is 5.47. The molecule has 0 aliphatic rings. The molecule has 1 N–H and O–H groups in total. The molecule has 4 heteroatoms. The molecule has 0 aromatic heterocycles. The van der Waals surface area contributed by atoms with Crippen molar-refractivity contribution >= 4 is 15.7 Å². The zero-order valence-electron chi connectivity index (χ0n) is 14.3. The first-order chi connectivity index (χ1) is 10.8. The predicted octanol–water partition coefficient (Wildman–Crippen LogP) is 4.76. The maximum absolute atomic E-state index is 12.9. The number of nitrogens with one attached hydrogen (secondary N) is 1. The lowest BCUT2D eigenvalue weighted by atomic mass is 10.1. The number of unbranched alkanes of at least 4 members (excludes halogenated alkanes) is 1. The van der Waals surface area contributed by atoms with Gasteiger partial charge in [-0.2, -0.15) is 0 Å². The van der Waals surface area contributed by atoms with E-state index in [0.717, 1.165) is 41.5 Å². The monoisotopic (exact) mass is 331 g/mol. The van der Waals surface area contributed by atoms with Gasteiger partial charge in [0, 0.05) is 0 Å². The van der Waals surface area contributed by atoms with Gasteiger partial charge in [0.1, 0.15) is 0 Å². The van der Waals surface area contributed by atoms with Crippen molar-refractivity contribution in [1.29, 1.82) is 0 Å². The molecular weight excluding hydrogens is 306 g/mol. The molecule has 2 rings (SSSR count). The van der Waals surface area contributed by atoms with Crippen molar-refractivity contribution < 1.29 is 8.42 Å². The van der Waals surface area contributed by atoms with E-state index in [-0.39, 0.29) is 0 Å². The van der Waals surface area contributed by atoms with Gasteiger partial charge in [0.25, 0.3) is 10.0 Å². The van der Waals surface area contributed by atoms with E-state index < -0.39 is 10.0 Å². The molecular formula is C19H25NO2S. The van der Waals surface area contributed by atoms with Crippen molar-refractivity contribution in [3.63, 3.8) is 0 Å². The maximum atomic E-state index is 12.9. The van der Waals surface area contributed by atoms with Crippen molar-refractivity contribution in [2.75, 3.05) is 4.72 Å². The van der Waals surface area contributed by atoms with Crippen LogP contribution in [0.25, 0.3) is 0 Å². The van der Waals surface area contributed by atoms with Crippen LogP contribution in [0.5, 0.6) is 0 Å². The molecule has 0 aliphatic carbocycles. The molecule has 0 unspecified atom stereocenters. The number of sulfonamides is 1. The Morgan fingerprint density at radius 1 is 1.00 bits per heavy atom. The lowest BCUT2D eigenvalue weighted by Gasteiger charge is -2.16. The minimum Gasteiger partial charge on any atom is -0.279 e. The van der Waals surface area contributed by atoms with E-state index in [1.165, 1.54) is 0 Å². The molecule has 124 valence electrons. The number of anilines is 1. The average Bonchev–Trinajstić information content (AvgIpc) is 2.44. The minimum atomic E-state index is -3.59. The fraction of sp³-hybridized carbons (Fsp3) is 0.368. The molecule has 0 radical (unpaired) electrons. The summed E-state index contributed by atoms with van der Waals surface area (Å²) >= 11 is 0. The van der Waals surface area contributed by atoms with Crippen molar-refractivity contribution in [1.82, 2.24) is 0 Å². The third kappa shape index (κ3) is 4.14. The quantitative estimate of drug-likeness (QED) is 0.830. The SMILES string of the molecule is CCCCc1ccccc1NS(=O)(=O)c1c(C)cc(C)cc1C. The Balaban J connectivity index is 2.40.